The molecule has 1 aromatic rings. The van der Waals surface area contributed by atoms with Crippen molar-refractivity contribution in [3.8, 4) is 5.75 Å². The lowest BCUT2D eigenvalue weighted by atomic mass is 9.94. The quantitative estimate of drug-likeness (QED) is 0.792. The fourth-order valence-corrected chi connectivity index (χ4v) is 1.97. The second kappa shape index (κ2) is 4.01. The molecule has 1 N–H and O–H groups in total. The molecular weight excluding hydrogens is 176 g/mol. The van der Waals surface area contributed by atoms with Gasteiger partial charge in [-0.2, -0.15) is 0 Å². The topological polar surface area (TPSA) is 29.5 Å². The molecule has 0 radical (unpaired) electrons. The van der Waals surface area contributed by atoms with Crippen molar-refractivity contribution >= 4 is 0 Å². The van der Waals surface area contributed by atoms with Gasteiger partial charge in [0.2, 0.25) is 0 Å². The molecule has 0 saturated heterocycles. The van der Waals surface area contributed by atoms with Crippen LogP contribution in [0.4, 0.5) is 0 Å². The van der Waals surface area contributed by atoms with E-state index in [4.69, 9.17) is 4.74 Å². The second-order valence-corrected chi connectivity index (χ2v) is 3.87. The van der Waals surface area contributed by atoms with Gasteiger partial charge in [-0.1, -0.05) is 18.2 Å². The summed E-state index contributed by atoms with van der Waals surface area (Å²) in [7, 11) is 1.68. The Morgan fingerprint density at radius 2 is 2.14 bits per heavy atom. The third kappa shape index (κ3) is 1.75. The fourth-order valence-electron chi connectivity index (χ4n) is 1.97. The van der Waals surface area contributed by atoms with Crippen molar-refractivity contribution in [2.24, 2.45) is 5.92 Å². The van der Waals surface area contributed by atoms with E-state index in [9.17, 15) is 5.11 Å². The van der Waals surface area contributed by atoms with Gasteiger partial charge < -0.3 is 9.84 Å². The summed E-state index contributed by atoms with van der Waals surface area (Å²) in [6.07, 6.45) is 2.48. The van der Waals surface area contributed by atoms with E-state index in [1.165, 1.54) is 12.8 Å². The van der Waals surface area contributed by atoms with Crippen molar-refractivity contribution in [3.05, 3.63) is 29.8 Å². The summed E-state index contributed by atoms with van der Waals surface area (Å²) in [6, 6.07) is 7.98. The number of hydrogen-bond donors (Lipinski definition) is 1. The van der Waals surface area contributed by atoms with E-state index in [-0.39, 0.29) is 12.5 Å². The van der Waals surface area contributed by atoms with Crippen LogP contribution in [0.3, 0.4) is 0 Å². The van der Waals surface area contributed by atoms with Gasteiger partial charge in [0.05, 0.1) is 13.7 Å². The minimum Gasteiger partial charge on any atom is -0.496 e. The molecule has 0 amide bonds. The van der Waals surface area contributed by atoms with Crippen molar-refractivity contribution in [3.63, 3.8) is 0 Å². The molecule has 76 valence electrons. The van der Waals surface area contributed by atoms with E-state index in [2.05, 4.69) is 6.07 Å². The largest absolute Gasteiger partial charge is 0.496 e. The van der Waals surface area contributed by atoms with Gasteiger partial charge in [0.1, 0.15) is 5.75 Å². The molecule has 1 aromatic carbocycles. The first-order chi connectivity index (χ1) is 6.86. The second-order valence-electron chi connectivity index (χ2n) is 3.87. The van der Waals surface area contributed by atoms with Crippen LogP contribution in [0.5, 0.6) is 5.75 Å². The molecule has 0 bridgehead atoms. The Morgan fingerprint density at radius 1 is 1.43 bits per heavy atom. The first-order valence-electron chi connectivity index (χ1n) is 5.10. The van der Waals surface area contributed by atoms with Crippen molar-refractivity contribution in [1.82, 2.24) is 0 Å². The predicted octanol–water partition coefficient (Wildman–Crippen LogP) is 2.18. The highest BCUT2D eigenvalue weighted by Gasteiger charge is 2.33. The number of hydrogen-bond acceptors (Lipinski definition) is 2. The average molecular weight is 192 g/mol. The zero-order valence-corrected chi connectivity index (χ0v) is 8.44. The minimum absolute atomic E-state index is 0.227. The molecule has 1 fully saturated rings. The van der Waals surface area contributed by atoms with Crippen molar-refractivity contribution in [2.75, 3.05) is 13.7 Å². The van der Waals surface area contributed by atoms with Crippen LogP contribution >= 0.6 is 0 Å². The molecule has 1 unspecified atom stereocenters. The lowest BCUT2D eigenvalue weighted by Gasteiger charge is -2.16. The zero-order chi connectivity index (χ0) is 9.97. The van der Waals surface area contributed by atoms with Gasteiger partial charge in [0.15, 0.2) is 0 Å². The van der Waals surface area contributed by atoms with Crippen molar-refractivity contribution in [2.45, 2.75) is 18.8 Å². The first kappa shape index (κ1) is 9.53. The molecule has 1 aliphatic carbocycles. The molecule has 0 aromatic heterocycles. The van der Waals surface area contributed by atoms with Gasteiger partial charge >= 0.3 is 0 Å². The van der Waals surface area contributed by atoms with Gasteiger partial charge in [-0.3, -0.25) is 0 Å². The van der Waals surface area contributed by atoms with Gasteiger partial charge in [-0.15, -0.1) is 0 Å². The molecule has 1 saturated carbocycles. The van der Waals surface area contributed by atoms with Gasteiger partial charge in [0.25, 0.3) is 0 Å². The number of rotatable bonds is 4. The third-order valence-corrected chi connectivity index (χ3v) is 2.93. The molecule has 2 rings (SSSR count). The van der Waals surface area contributed by atoms with E-state index in [1.807, 2.05) is 18.2 Å². The number of aliphatic hydroxyl groups excluding tert-OH is 1. The van der Waals surface area contributed by atoms with Crippen LogP contribution in [0, 0.1) is 5.92 Å². The molecule has 1 aliphatic rings. The van der Waals surface area contributed by atoms with Crippen LogP contribution in [0.15, 0.2) is 24.3 Å². The Bertz CT molecular complexity index is 305. The third-order valence-electron chi connectivity index (χ3n) is 2.93. The van der Waals surface area contributed by atoms with Crippen molar-refractivity contribution < 1.29 is 9.84 Å². The van der Waals surface area contributed by atoms with E-state index < -0.39 is 0 Å². The maximum absolute atomic E-state index is 9.35. The van der Waals surface area contributed by atoms with Crippen LogP contribution < -0.4 is 4.74 Å². The summed E-state index contributed by atoms with van der Waals surface area (Å²) in [5.41, 5.74) is 1.15. The molecule has 2 nitrogen and oxygen atoms in total. The highest BCUT2D eigenvalue weighted by molar-refractivity contribution is 5.37. The Hall–Kier alpha value is -1.02. The molecular formula is C12H16O2. The van der Waals surface area contributed by atoms with E-state index in [0.717, 1.165) is 11.3 Å². The number of methoxy groups -OCH3 is 1. The van der Waals surface area contributed by atoms with Crippen LogP contribution in [0.1, 0.15) is 24.3 Å². The average Bonchev–Trinajstić information content (AvgIpc) is 3.04. The highest BCUT2D eigenvalue weighted by Crippen LogP contribution is 2.44. The van der Waals surface area contributed by atoms with Gasteiger partial charge in [-0.05, 0) is 30.4 Å². The van der Waals surface area contributed by atoms with Gasteiger partial charge in [-0.25, -0.2) is 0 Å². The van der Waals surface area contributed by atoms with Crippen LogP contribution in [0.25, 0.3) is 0 Å². The number of para-hydroxylation sites is 1. The SMILES string of the molecule is COc1ccccc1C(CO)C1CC1. The molecule has 0 heterocycles. The summed E-state index contributed by atoms with van der Waals surface area (Å²) in [6.45, 7) is 0.227. The molecule has 2 heteroatoms. The minimum atomic E-state index is 0.227. The number of benzene rings is 1. The monoisotopic (exact) mass is 192 g/mol. The number of aliphatic hydroxyl groups is 1. The van der Waals surface area contributed by atoms with E-state index in [1.54, 1.807) is 7.11 Å². The smallest absolute Gasteiger partial charge is 0.122 e. The maximum Gasteiger partial charge on any atom is 0.122 e. The Labute approximate surface area is 84.5 Å². The Kier molecular flexibility index (Phi) is 2.73. The highest BCUT2D eigenvalue weighted by atomic mass is 16.5. The lowest BCUT2D eigenvalue weighted by Crippen LogP contribution is -2.07. The first-order valence-corrected chi connectivity index (χ1v) is 5.10. The molecule has 1 atom stereocenters. The van der Waals surface area contributed by atoms with Gasteiger partial charge in [0, 0.05) is 5.92 Å². The van der Waals surface area contributed by atoms with E-state index in [0.29, 0.717) is 5.92 Å². The fraction of sp³-hybridized carbons (Fsp3) is 0.500. The Balaban J connectivity index is 2.27. The van der Waals surface area contributed by atoms with Crippen LogP contribution in [-0.2, 0) is 0 Å². The summed E-state index contributed by atoms with van der Waals surface area (Å²) < 4.78 is 5.29. The van der Waals surface area contributed by atoms with Crippen LogP contribution in [0.2, 0.25) is 0 Å². The molecule has 14 heavy (non-hydrogen) atoms. The van der Waals surface area contributed by atoms with Crippen molar-refractivity contribution in [1.29, 1.82) is 0 Å². The normalized spacial score (nSPS) is 17.9. The summed E-state index contributed by atoms with van der Waals surface area (Å²) >= 11 is 0. The van der Waals surface area contributed by atoms with E-state index >= 15 is 0 Å². The molecule has 0 spiro atoms. The number of ether oxygens (including phenoxy) is 1. The lowest BCUT2D eigenvalue weighted by molar-refractivity contribution is 0.249. The van der Waals surface area contributed by atoms with Crippen LogP contribution in [-0.4, -0.2) is 18.8 Å². The summed E-state index contributed by atoms with van der Waals surface area (Å²) in [4.78, 5) is 0. The molecule has 0 aliphatic heterocycles. The standard InChI is InChI=1S/C12H16O2/c1-14-12-5-3-2-4-10(12)11(8-13)9-6-7-9/h2-5,9,11,13H,6-8H2,1H3. The maximum atomic E-state index is 9.35. The zero-order valence-electron chi connectivity index (χ0n) is 8.44. The Morgan fingerprint density at radius 3 is 2.71 bits per heavy atom. The predicted molar refractivity (Wildman–Crippen MR) is 55.5 cm³/mol. The summed E-state index contributed by atoms with van der Waals surface area (Å²) in [5, 5.41) is 9.35. The summed E-state index contributed by atoms with van der Waals surface area (Å²) in [5.74, 6) is 1.83.